The summed E-state index contributed by atoms with van der Waals surface area (Å²) in [4.78, 5) is 4.63. The minimum atomic E-state index is -3.75. The molecule has 0 aliphatic heterocycles. The van der Waals surface area contributed by atoms with Crippen LogP contribution in [0.4, 0.5) is 5.69 Å². The van der Waals surface area contributed by atoms with Crippen molar-refractivity contribution in [2.75, 3.05) is 11.8 Å². The molecule has 0 spiro atoms. The van der Waals surface area contributed by atoms with E-state index in [0.717, 1.165) is 14.6 Å². The lowest BCUT2D eigenvalue weighted by Crippen LogP contribution is -2.12. The zero-order valence-corrected chi connectivity index (χ0v) is 17.5. The summed E-state index contributed by atoms with van der Waals surface area (Å²) >= 11 is 9.27. The highest BCUT2D eigenvalue weighted by molar-refractivity contribution is 8.01. The zero-order chi connectivity index (χ0) is 18.9. The summed E-state index contributed by atoms with van der Waals surface area (Å²) in [6, 6.07) is 9.66. The molecular weight excluding hydrogens is 412 g/mol. The molecule has 0 radical (unpaired) electrons. The van der Waals surface area contributed by atoms with Gasteiger partial charge in [-0.25, -0.2) is 13.4 Å². The lowest BCUT2D eigenvalue weighted by molar-refractivity contribution is 0.414. The van der Waals surface area contributed by atoms with Crippen molar-refractivity contribution in [2.24, 2.45) is 0 Å². The smallest absolute Gasteiger partial charge is 0.261 e. The Bertz CT molecular complexity index is 1050. The van der Waals surface area contributed by atoms with Crippen molar-refractivity contribution in [1.82, 2.24) is 4.98 Å². The molecule has 0 unspecified atom stereocenters. The fourth-order valence-corrected chi connectivity index (χ4v) is 5.97. The number of thiazole rings is 1. The van der Waals surface area contributed by atoms with Gasteiger partial charge in [-0.3, -0.25) is 4.72 Å². The number of halogens is 1. The molecule has 0 saturated heterocycles. The number of nitrogens with zero attached hydrogens (tertiary/aromatic N) is 1. The number of hydrogen-bond donors (Lipinski definition) is 1. The fourth-order valence-electron chi connectivity index (χ4n) is 2.25. The van der Waals surface area contributed by atoms with Crippen LogP contribution < -0.4 is 9.46 Å². The van der Waals surface area contributed by atoms with Crippen LogP contribution in [0.15, 0.2) is 45.6 Å². The number of nitrogens with one attached hydrogen (secondary N) is 1. The third-order valence-corrected chi connectivity index (χ3v) is 7.18. The van der Waals surface area contributed by atoms with Gasteiger partial charge in [0.25, 0.3) is 10.0 Å². The van der Waals surface area contributed by atoms with Crippen molar-refractivity contribution in [2.45, 2.75) is 28.3 Å². The maximum absolute atomic E-state index is 12.6. The summed E-state index contributed by atoms with van der Waals surface area (Å²) in [6.07, 6.45) is 0. The van der Waals surface area contributed by atoms with Gasteiger partial charge in [-0.05, 0) is 36.4 Å². The first kappa shape index (κ1) is 19.3. The molecular formula is C17H17ClN2O3S3. The molecule has 0 atom stereocenters. The second-order valence-corrected chi connectivity index (χ2v) is 10.7. The van der Waals surface area contributed by atoms with Gasteiger partial charge in [0.2, 0.25) is 0 Å². The predicted octanol–water partition coefficient (Wildman–Crippen LogP) is 5.26. The van der Waals surface area contributed by atoms with Gasteiger partial charge in [-0.15, -0.1) is 11.3 Å². The van der Waals surface area contributed by atoms with Crippen LogP contribution in [0.3, 0.4) is 0 Å². The van der Waals surface area contributed by atoms with Crippen LogP contribution in [0, 0.1) is 0 Å². The molecule has 3 rings (SSSR count). The van der Waals surface area contributed by atoms with Gasteiger partial charge in [0.15, 0.2) is 4.34 Å². The highest BCUT2D eigenvalue weighted by Gasteiger charge is 2.17. The number of fused-ring (bicyclic) bond motifs is 1. The van der Waals surface area contributed by atoms with Crippen LogP contribution >= 0.6 is 34.7 Å². The maximum Gasteiger partial charge on any atom is 0.261 e. The highest BCUT2D eigenvalue weighted by atomic mass is 35.5. The Morgan fingerprint density at radius 3 is 2.65 bits per heavy atom. The number of benzene rings is 2. The first-order valence-corrected chi connectivity index (χ1v) is 11.3. The standard InChI is InChI=1S/C17H17ClN2O3S3/c1-10(2)24-17-19-14-6-4-11(8-16(14)25-17)20-26(21,22)12-5-7-15(23-3)13(18)9-12/h4-10,20H,1-3H3. The van der Waals surface area contributed by atoms with Gasteiger partial charge in [0, 0.05) is 5.25 Å². The minimum absolute atomic E-state index is 0.0729. The Hall–Kier alpha value is -1.48. The van der Waals surface area contributed by atoms with E-state index in [1.165, 1.54) is 25.3 Å². The molecule has 0 aliphatic rings. The van der Waals surface area contributed by atoms with E-state index in [0.29, 0.717) is 16.7 Å². The van der Waals surface area contributed by atoms with Crippen LogP contribution in [0.25, 0.3) is 10.2 Å². The summed E-state index contributed by atoms with van der Waals surface area (Å²) in [7, 11) is -2.28. The highest BCUT2D eigenvalue weighted by Crippen LogP contribution is 2.34. The Morgan fingerprint density at radius 2 is 2.00 bits per heavy atom. The first-order valence-electron chi connectivity index (χ1n) is 7.72. The van der Waals surface area contributed by atoms with E-state index >= 15 is 0 Å². The van der Waals surface area contributed by atoms with E-state index in [2.05, 4.69) is 23.6 Å². The fraction of sp³-hybridized carbons (Fsp3) is 0.235. The third-order valence-electron chi connectivity index (χ3n) is 3.39. The molecule has 0 aliphatic carbocycles. The summed E-state index contributed by atoms with van der Waals surface area (Å²) < 4.78 is 34.8. The van der Waals surface area contributed by atoms with Crippen LogP contribution in [-0.2, 0) is 10.0 Å². The second-order valence-electron chi connectivity index (χ2n) is 5.73. The molecule has 0 bridgehead atoms. The molecule has 1 N–H and O–H groups in total. The van der Waals surface area contributed by atoms with E-state index in [1.807, 2.05) is 6.07 Å². The molecule has 0 saturated carbocycles. The third kappa shape index (κ3) is 4.25. The zero-order valence-electron chi connectivity index (χ0n) is 14.3. The number of thioether (sulfide) groups is 1. The van der Waals surface area contributed by atoms with E-state index in [1.54, 1.807) is 35.2 Å². The largest absolute Gasteiger partial charge is 0.495 e. The molecule has 1 heterocycles. The normalized spacial score (nSPS) is 11.9. The summed E-state index contributed by atoms with van der Waals surface area (Å²) in [5.41, 5.74) is 1.34. The molecule has 5 nitrogen and oxygen atoms in total. The average molecular weight is 429 g/mol. The Morgan fingerprint density at radius 1 is 1.23 bits per heavy atom. The minimum Gasteiger partial charge on any atom is -0.495 e. The molecule has 0 amide bonds. The number of ether oxygens (including phenoxy) is 1. The quantitative estimate of drug-likeness (QED) is 0.542. The van der Waals surface area contributed by atoms with Gasteiger partial charge in [-0.1, -0.05) is 37.2 Å². The number of anilines is 1. The van der Waals surface area contributed by atoms with Gasteiger partial charge in [0.1, 0.15) is 5.75 Å². The number of rotatable bonds is 6. The molecule has 1 aromatic heterocycles. The molecule has 3 aromatic rings. The predicted molar refractivity (Wildman–Crippen MR) is 109 cm³/mol. The van der Waals surface area contributed by atoms with Crippen LogP contribution in [0.5, 0.6) is 5.75 Å². The number of sulfonamides is 1. The van der Waals surface area contributed by atoms with Gasteiger partial charge in [0.05, 0.1) is 32.9 Å². The number of hydrogen-bond acceptors (Lipinski definition) is 6. The lowest BCUT2D eigenvalue weighted by Gasteiger charge is -2.10. The molecule has 2 aromatic carbocycles. The summed E-state index contributed by atoms with van der Waals surface area (Å²) in [5, 5.41) is 0.678. The second kappa shape index (κ2) is 7.64. The van der Waals surface area contributed by atoms with Crippen LogP contribution in [0.1, 0.15) is 13.8 Å². The molecule has 0 fully saturated rings. The summed E-state index contributed by atoms with van der Waals surface area (Å²) in [5.74, 6) is 0.423. The monoisotopic (exact) mass is 428 g/mol. The molecule has 26 heavy (non-hydrogen) atoms. The average Bonchev–Trinajstić information content (AvgIpc) is 2.95. The Balaban J connectivity index is 1.88. The van der Waals surface area contributed by atoms with E-state index in [4.69, 9.17) is 16.3 Å². The summed E-state index contributed by atoms with van der Waals surface area (Å²) in [6.45, 7) is 4.21. The van der Waals surface area contributed by atoms with Crippen LogP contribution in [-0.4, -0.2) is 25.8 Å². The van der Waals surface area contributed by atoms with Crippen molar-refractivity contribution in [1.29, 1.82) is 0 Å². The van der Waals surface area contributed by atoms with Crippen molar-refractivity contribution in [3.8, 4) is 5.75 Å². The van der Waals surface area contributed by atoms with Crippen molar-refractivity contribution in [3.63, 3.8) is 0 Å². The topological polar surface area (TPSA) is 68.3 Å². The molecule has 138 valence electrons. The van der Waals surface area contributed by atoms with Gasteiger partial charge in [-0.2, -0.15) is 0 Å². The molecule has 9 heteroatoms. The van der Waals surface area contributed by atoms with Crippen LogP contribution in [0.2, 0.25) is 5.02 Å². The van der Waals surface area contributed by atoms with E-state index < -0.39 is 10.0 Å². The Labute approximate surface area is 165 Å². The SMILES string of the molecule is COc1ccc(S(=O)(=O)Nc2ccc3nc(SC(C)C)sc3c2)cc1Cl. The maximum atomic E-state index is 12.6. The van der Waals surface area contributed by atoms with E-state index in [-0.39, 0.29) is 9.92 Å². The first-order chi connectivity index (χ1) is 12.3. The van der Waals surface area contributed by atoms with Crippen molar-refractivity contribution >= 4 is 60.6 Å². The van der Waals surface area contributed by atoms with Crippen molar-refractivity contribution < 1.29 is 13.2 Å². The number of methoxy groups -OCH3 is 1. The van der Waals surface area contributed by atoms with Gasteiger partial charge >= 0.3 is 0 Å². The van der Waals surface area contributed by atoms with E-state index in [9.17, 15) is 8.42 Å². The Kier molecular flexibility index (Phi) is 5.67. The van der Waals surface area contributed by atoms with Crippen molar-refractivity contribution in [3.05, 3.63) is 41.4 Å². The lowest BCUT2D eigenvalue weighted by atomic mass is 10.3. The van der Waals surface area contributed by atoms with Gasteiger partial charge < -0.3 is 4.74 Å². The number of aromatic nitrogens is 1.